The summed E-state index contributed by atoms with van der Waals surface area (Å²) < 4.78 is 65.6. The first kappa shape index (κ1) is 21.1. The van der Waals surface area contributed by atoms with Crippen molar-refractivity contribution in [1.29, 1.82) is 0 Å². The van der Waals surface area contributed by atoms with Gasteiger partial charge in [0.25, 0.3) is 5.91 Å². The second-order valence-corrected chi connectivity index (χ2v) is 10.0. The third kappa shape index (κ3) is 4.31. The number of piperidine rings is 1. The molecule has 1 amide bonds. The van der Waals surface area contributed by atoms with Gasteiger partial charge in [-0.3, -0.25) is 4.79 Å². The minimum Gasteiger partial charge on any atom is -0.388 e. The highest BCUT2D eigenvalue weighted by Crippen LogP contribution is 2.37. The van der Waals surface area contributed by atoms with E-state index in [0.29, 0.717) is 43.5 Å². The van der Waals surface area contributed by atoms with E-state index in [1.54, 1.807) is 0 Å². The van der Waals surface area contributed by atoms with Crippen molar-refractivity contribution in [3.05, 3.63) is 29.8 Å². The molecule has 0 radical (unpaired) electrons. The number of hydrogen-bond donors (Lipinski definition) is 1. The normalized spacial score (nSPS) is 21.9. The number of rotatable bonds is 5. The number of benzene rings is 1. The van der Waals surface area contributed by atoms with Crippen LogP contribution in [0, 0.1) is 5.92 Å². The monoisotopic (exact) mass is 445 g/mol. The number of nitrogens with one attached hydrogen (secondary N) is 1. The lowest BCUT2D eigenvalue weighted by Crippen LogP contribution is -2.47. The third-order valence-electron chi connectivity index (χ3n) is 5.78. The molecule has 1 aromatic carbocycles. The van der Waals surface area contributed by atoms with Crippen molar-refractivity contribution in [3.63, 3.8) is 0 Å². The Hall–Kier alpha value is -2.14. The standard InChI is InChI=1S/C19H22F3N3O4S/c20-19(21,22)14-2-1-3-15(10-14)30(27,28)25-8-6-18(7-9-25)11-16(24-29-18)17(26)23-12-13-4-5-13/h1-3,10,13H,4-9,11-12H2,(H,23,26). The van der Waals surface area contributed by atoms with Crippen LogP contribution in [0.4, 0.5) is 13.2 Å². The minimum atomic E-state index is -4.62. The average Bonchev–Trinajstić information content (AvgIpc) is 3.46. The molecule has 1 saturated carbocycles. The summed E-state index contributed by atoms with van der Waals surface area (Å²) in [5.41, 5.74) is -1.46. The number of amides is 1. The lowest BCUT2D eigenvalue weighted by atomic mass is 9.87. The largest absolute Gasteiger partial charge is 0.416 e. The third-order valence-corrected chi connectivity index (χ3v) is 7.68. The van der Waals surface area contributed by atoms with E-state index in [0.717, 1.165) is 35.3 Å². The lowest BCUT2D eigenvalue weighted by Gasteiger charge is -2.36. The Kier molecular flexibility index (Phi) is 5.29. The fourth-order valence-electron chi connectivity index (χ4n) is 3.69. The van der Waals surface area contributed by atoms with E-state index in [-0.39, 0.29) is 19.0 Å². The lowest BCUT2D eigenvalue weighted by molar-refractivity contribution is -0.137. The zero-order valence-corrected chi connectivity index (χ0v) is 16.9. The molecule has 1 aliphatic carbocycles. The SMILES string of the molecule is O=C(NCC1CC1)C1=NOC2(CCN(S(=O)(=O)c3cccc(C(F)(F)F)c3)CC2)C1. The van der Waals surface area contributed by atoms with Crippen molar-refractivity contribution in [3.8, 4) is 0 Å². The van der Waals surface area contributed by atoms with E-state index in [1.165, 1.54) is 0 Å². The van der Waals surface area contributed by atoms with Crippen LogP contribution in [0.15, 0.2) is 34.3 Å². The van der Waals surface area contributed by atoms with Crippen molar-refractivity contribution in [2.45, 2.75) is 48.8 Å². The van der Waals surface area contributed by atoms with Gasteiger partial charge >= 0.3 is 6.18 Å². The molecule has 1 saturated heterocycles. The number of oxime groups is 1. The summed E-state index contributed by atoms with van der Waals surface area (Å²) >= 11 is 0. The maximum atomic E-state index is 12.9. The van der Waals surface area contributed by atoms with Crippen LogP contribution in [0.3, 0.4) is 0 Å². The molecular weight excluding hydrogens is 423 g/mol. The number of sulfonamides is 1. The molecular formula is C19H22F3N3O4S. The number of carbonyl (C=O) groups excluding carboxylic acids is 1. The molecule has 1 aromatic rings. The van der Waals surface area contributed by atoms with Gasteiger partial charge in [-0.2, -0.15) is 17.5 Å². The molecule has 2 fully saturated rings. The molecule has 0 bridgehead atoms. The van der Waals surface area contributed by atoms with E-state index < -0.39 is 32.3 Å². The first-order chi connectivity index (χ1) is 14.1. The Balaban J connectivity index is 1.38. The van der Waals surface area contributed by atoms with Gasteiger partial charge in [0.1, 0.15) is 11.3 Å². The van der Waals surface area contributed by atoms with Gasteiger partial charge in [-0.1, -0.05) is 11.2 Å². The summed E-state index contributed by atoms with van der Waals surface area (Å²) in [6.07, 6.45) is -1.50. The molecule has 4 rings (SSSR count). The fourth-order valence-corrected chi connectivity index (χ4v) is 5.18. The van der Waals surface area contributed by atoms with Crippen LogP contribution in [0.25, 0.3) is 0 Å². The Bertz CT molecular complexity index is 965. The van der Waals surface area contributed by atoms with Crippen LogP contribution < -0.4 is 5.32 Å². The summed E-state index contributed by atoms with van der Waals surface area (Å²) in [5, 5.41) is 6.74. The van der Waals surface area contributed by atoms with Gasteiger partial charge in [-0.25, -0.2) is 8.42 Å². The fraction of sp³-hybridized carbons (Fsp3) is 0.579. The van der Waals surface area contributed by atoms with E-state index in [2.05, 4.69) is 10.5 Å². The van der Waals surface area contributed by atoms with Gasteiger partial charge in [0.15, 0.2) is 0 Å². The molecule has 1 spiro atoms. The molecule has 164 valence electrons. The second-order valence-electron chi connectivity index (χ2n) is 8.07. The quantitative estimate of drug-likeness (QED) is 0.755. The maximum Gasteiger partial charge on any atom is 0.416 e. The van der Waals surface area contributed by atoms with Gasteiger partial charge in [-0.15, -0.1) is 0 Å². The number of halogens is 3. The first-order valence-electron chi connectivity index (χ1n) is 9.80. The summed E-state index contributed by atoms with van der Waals surface area (Å²) in [7, 11) is -4.07. The zero-order chi connectivity index (χ0) is 21.6. The van der Waals surface area contributed by atoms with Crippen LogP contribution in [-0.4, -0.2) is 49.6 Å². The van der Waals surface area contributed by atoms with Gasteiger partial charge in [0.05, 0.1) is 10.5 Å². The van der Waals surface area contributed by atoms with Crippen molar-refractivity contribution in [1.82, 2.24) is 9.62 Å². The van der Waals surface area contributed by atoms with E-state index >= 15 is 0 Å². The Morgan fingerprint density at radius 1 is 1.27 bits per heavy atom. The molecule has 2 heterocycles. The molecule has 11 heteroatoms. The summed E-state index contributed by atoms with van der Waals surface area (Å²) in [4.78, 5) is 17.3. The smallest absolute Gasteiger partial charge is 0.388 e. The molecule has 1 N–H and O–H groups in total. The maximum absolute atomic E-state index is 12.9. The van der Waals surface area contributed by atoms with Crippen molar-refractivity contribution < 1.29 is 31.2 Å². The molecule has 0 unspecified atom stereocenters. The molecule has 30 heavy (non-hydrogen) atoms. The number of hydrogen-bond acceptors (Lipinski definition) is 5. The van der Waals surface area contributed by atoms with Crippen LogP contribution in [0.1, 0.15) is 37.7 Å². The predicted octanol–water partition coefficient (Wildman–Crippen LogP) is 2.53. The summed E-state index contributed by atoms with van der Waals surface area (Å²) in [6.45, 7) is 0.768. The molecule has 0 atom stereocenters. The highest BCUT2D eigenvalue weighted by molar-refractivity contribution is 7.89. The average molecular weight is 445 g/mol. The van der Waals surface area contributed by atoms with Crippen LogP contribution in [0.5, 0.6) is 0 Å². The van der Waals surface area contributed by atoms with Gasteiger partial charge in [0.2, 0.25) is 10.0 Å². The van der Waals surface area contributed by atoms with E-state index in [1.807, 2.05) is 0 Å². The molecule has 3 aliphatic rings. The number of nitrogens with zero attached hydrogens (tertiary/aromatic N) is 2. The van der Waals surface area contributed by atoms with Crippen molar-refractivity contribution in [2.75, 3.05) is 19.6 Å². The van der Waals surface area contributed by atoms with Crippen LogP contribution in [-0.2, 0) is 25.8 Å². The Labute approximate surface area is 172 Å². The molecule has 2 aliphatic heterocycles. The van der Waals surface area contributed by atoms with Crippen LogP contribution in [0.2, 0.25) is 0 Å². The highest BCUT2D eigenvalue weighted by Gasteiger charge is 2.46. The van der Waals surface area contributed by atoms with E-state index in [9.17, 15) is 26.4 Å². The minimum absolute atomic E-state index is 0.0745. The van der Waals surface area contributed by atoms with Gasteiger partial charge in [0, 0.05) is 38.9 Å². The zero-order valence-electron chi connectivity index (χ0n) is 16.1. The van der Waals surface area contributed by atoms with Crippen molar-refractivity contribution >= 4 is 21.6 Å². The predicted molar refractivity (Wildman–Crippen MR) is 101 cm³/mol. The van der Waals surface area contributed by atoms with E-state index in [4.69, 9.17) is 4.84 Å². The number of carbonyl (C=O) groups is 1. The summed E-state index contributed by atoms with van der Waals surface area (Å²) in [6, 6.07) is 3.73. The van der Waals surface area contributed by atoms with Crippen LogP contribution >= 0.6 is 0 Å². The number of alkyl halides is 3. The Morgan fingerprint density at radius 2 is 1.97 bits per heavy atom. The first-order valence-corrected chi connectivity index (χ1v) is 11.2. The highest BCUT2D eigenvalue weighted by atomic mass is 32.2. The topological polar surface area (TPSA) is 88.1 Å². The summed E-state index contributed by atoms with van der Waals surface area (Å²) in [5.74, 6) is 0.271. The van der Waals surface area contributed by atoms with Gasteiger partial charge in [-0.05, 0) is 37.0 Å². The van der Waals surface area contributed by atoms with Gasteiger partial charge < -0.3 is 10.2 Å². The molecule has 0 aromatic heterocycles. The van der Waals surface area contributed by atoms with Crippen molar-refractivity contribution in [2.24, 2.45) is 11.1 Å². The second kappa shape index (κ2) is 7.52. The molecule has 7 nitrogen and oxygen atoms in total. The Morgan fingerprint density at radius 3 is 2.60 bits per heavy atom.